The highest BCUT2D eigenvalue weighted by Gasteiger charge is 2.15. The molecule has 0 unspecified atom stereocenters. The predicted molar refractivity (Wildman–Crippen MR) is 104 cm³/mol. The number of carbonyl (C=O) groups excluding carboxylic acids is 1. The summed E-state index contributed by atoms with van der Waals surface area (Å²) < 4.78 is 33.8. The van der Waals surface area contributed by atoms with Gasteiger partial charge in [-0.2, -0.15) is 0 Å². The van der Waals surface area contributed by atoms with Crippen LogP contribution in [0.4, 0.5) is 8.78 Å². The van der Waals surface area contributed by atoms with Gasteiger partial charge in [0.25, 0.3) is 0 Å². The molecule has 2 aromatic rings. The van der Waals surface area contributed by atoms with Crippen molar-refractivity contribution in [3.8, 4) is 11.6 Å². The van der Waals surface area contributed by atoms with Gasteiger partial charge in [0.1, 0.15) is 0 Å². The van der Waals surface area contributed by atoms with Crippen LogP contribution in [-0.4, -0.2) is 24.0 Å². The number of halogens is 2. The number of ether oxygens (including phenoxy) is 1. The number of carbonyl (C=O) groups is 1. The van der Waals surface area contributed by atoms with Gasteiger partial charge in [0, 0.05) is 12.3 Å². The Hall–Kier alpha value is -2.54. The molecule has 0 fully saturated rings. The number of primary amides is 1. The molecule has 0 aliphatic rings. The summed E-state index contributed by atoms with van der Waals surface area (Å²) in [6.45, 7) is 8.26. The van der Waals surface area contributed by atoms with E-state index in [1.165, 1.54) is 30.5 Å². The summed E-state index contributed by atoms with van der Waals surface area (Å²) >= 11 is 0. The Kier molecular flexibility index (Phi) is 7.45. The van der Waals surface area contributed by atoms with Crippen molar-refractivity contribution < 1.29 is 18.3 Å². The number of nitrogens with one attached hydrogen (secondary N) is 1. The number of nitrogens with two attached hydrogens (primary N) is 1. The summed E-state index contributed by atoms with van der Waals surface area (Å²) in [6.07, 6.45) is 3.59. The van der Waals surface area contributed by atoms with E-state index >= 15 is 0 Å². The molecule has 3 N–H and O–H groups in total. The topological polar surface area (TPSA) is 77.2 Å². The second kappa shape index (κ2) is 9.59. The minimum absolute atomic E-state index is 0.0291. The number of aromatic nitrogens is 1. The fourth-order valence-corrected chi connectivity index (χ4v) is 2.55. The Morgan fingerprint density at radius 2 is 1.86 bits per heavy atom. The van der Waals surface area contributed by atoms with Crippen LogP contribution in [0.1, 0.15) is 49.5 Å². The molecule has 1 aromatic heterocycles. The number of rotatable bonds is 9. The normalized spacial score (nSPS) is 11.5. The van der Waals surface area contributed by atoms with Gasteiger partial charge in [-0.05, 0) is 61.5 Å². The number of hydrogen-bond acceptors (Lipinski definition) is 4. The van der Waals surface area contributed by atoms with Gasteiger partial charge in [0.15, 0.2) is 11.6 Å². The SMILES string of the molecule is CC(C)(C)CCNCCCc1cc(F)c(Oc2ccc(C(N)=O)cn2)c(F)c1. The lowest BCUT2D eigenvalue weighted by Crippen LogP contribution is -2.21. The maximum atomic E-state index is 14.3. The molecule has 0 aliphatic carbocycles. The van der Waals surface area contributed by atoms with E-state index in [-0.39, 0.29) is 16.9 Å². The maximum Gasteiger partial charge on any atom is 0.250 e. The highest BCUT2D eigenvalue weighted by Crippen LogP contribution is 2.28. The summed E-state index contributed by atoms with van der Waals surface area (Å²) in [5, 5.41) is 3.34. The first kappa shape index (κ1) is 21.8. The van der Waals surface area contributed by atoms with Gasteiger partial charge < -0.3 is 15.8 Å². The maximum absolute atomic E-state index is 14.3. The van der Waals surface area contributed by atoms with Crippen molar-refractivity contribution in [2.24, 2.45) is 11.1 Å². The van der Waals surface area contributed by atoms with Crippen molar-refractivity contribution in [3.05, 3.63) is 53.2 Å². The minimum atomic E-state index is -0.795. The standard InChI is InChI=1S/C21H27F2N3O2/c1-21(2,3)8-10-25-9-4-5-14-11-16(22)19(17(23)12-14)28-18-7-6-15(13-26-18)20(24)27/h6-7,11-13,25H,4-5,8-10H2,1-3H3,(H2,24,27). The lowest BCUT2D eigenvalue weighted by molar-refractivity contribution is 0.1000. The molecule has 0 radical (unpaired) electrons. The molecule has 1 amide bonds. The minimum Gasteiger partial charge on any atom is -0.433 e. The molecule has 152 valence electrons. The second-order valence-electron chi connectivity index (χ2n) is 7.90. The van der Waals surface area contributed by atoms with E-state index in [2.05, 4.69) is 31.1 Å². The van der Waals surface area contributed by atoms with Crippen LogP contribution in [0, 0.1) is 17.0 Å². The average Bonchev–Trinajstić information content (AvgIpc) is 2.60. The van der Waals surface area contributed by atoms with Gasteiger partial charge in [-0.15, -0.1) is 0 Å². The summed E-state index contributed by atoms with van der Waals surface area (Å²) in [5.74, 6) is -2.79. The molecule has 2 rings (SSSR count). The van der Waals surface area contributed by atoms with E-state index < -0.39 is 23.3 Å². The molecule has 0 spiro atoms. The van der Waals surface area contributed by atoms with Gasteiger partial charge in [-0.1, -0.05) is 20.8 Å². The highest BCUT2D eigenvalue weighted by molar-refractivity contribution is 5.92. The zero-order valence-electron chi connectivity index (χ0n) is 16.5. The molecular weight excluding hydrogens is 364 g/mol. The Bertz CT molecular complexity index is 779. The summed E-state index contributed by atoms with van der Waals surface area (Å²) in [7, 11) is 0. The number of aryl methyl sites for hydroxylation is 1. The van der Waals surface area contributed by atoms with E-state index in [0.29, 0.717) is 12.0 Å². The third kappa shape index (κ3) is 6.88. The predicted octanol–water partition coefficient (Wildman–Crippen LogP) is 4.21. The summed E-state index contributed by atoms with van der Waals surface area (Å²) in [5.41, 5.74) is 6.15. The van der Waals surface area contributed by atoms with Crippen LogP contribution in [-0.2, 0) is 6.42 Å². The molecule has 7 heteroatoms. The monoisotopic (exact) mass is 391 g/mol. The zero-order chi connectivity index (χ0) is 20.7. The molecule has 0 bridgehead atoms. The van der Waals surface area contributed by atoms with Crippen LogP contribution in [0.3, 0.4) is 0 Å². The molecule has 0 saturated carbocycles. The van der Waals surface area contributed by atoms with E-state index in [4.69, 9.17) is 10.5 Å². The quantitative estimate of drug-likeness (QED) is 0.628. The van der Waals surface area contributed by atoms with Gasteiger partial charge in [0.05, 0.1) is 5.56 Å². The van der Waals surface area contributed by atoms with Gasteiger partial charge in [0.2, 0.25) is 17.5 Å². The van der Waals surface area contributed by atoms with Crippen LogP contribution < -0.4 is 15.8 Å². The number of pyridine rings is 1. The van der Waals surface area contributed by atoms with Crippen molar-refractivity contribution in [1.29, 1.82) is 0 Å². The van der Waals surface area contributed by atoms with Gasteiger partial charge in [-0.3, -0.25) is 4.79 Å². The molecule has 28 heavy (non-hydrogen) atoms. The van der Waals surface area contributed by atoms with Crippen LogP contribution in [0.15, 0.2) is 30.5 Å². The Balaban J connectivity index is 1.90. The largest absolute Gasteiger partial charge is 0.433 e. The van der Waals surface area contributed by atoms with E-state index in [1.54, 1.807) is 0 Å². The van der Waals surface area contributed by atoms with Crippen molar-refractivity contribution in [3.63, 3.8) is 0 Å². The molecule has 0 atom stereocenters. The lowest BCUT2D eigenvalue weighted by atomic mass is 9.92. The van der Waals surface area contributed by atoms with Gasteiger partial charge in [-0.25, -0.2) is 13.8 Å². The number of amides is 1. The first-order chi connectivity index (χ1) is 13.2. The van der Waals surface area contributed by atoms with Gasteiger partial charge >= 0.3 is 0 Å². The molecule has 0 saturated heterocycles. The fraction of sp³-hybridized carbons (Fsp3) is 0.429. The molecule has 0 aliphatic heterocycles. The van der Waals surface area contributed by atoms with E-state index in [1.807, 2.05) is 0 Å². The third-order valence-corrected chi connectivity index (χ3v) is 4.16. The second-order valence-corrected chi connectivity index (χ2v) is 7.90. The van der Waals surface area contributed by atoms with Crippen LogP contribution in [0.2, 0.25) is 0 Å². The Labute approximate surface area is 164 Å². The molecular formula is C21H27F2N3O2. The first-order valence-corrected chi connectivity index (χ1v) is 9.28. The third-order valence-electron chi connectivity index (χ3n) is 4.16. The van der Waals surface area contributed by atoms with E-state index in [9.17, 15) is 13.6 Å². The average molecular weight is 391 g/mol. The molecule has 1 aromatic carbocycles. The smallest absolute Gasteiger partial charge is 0.250 e. The first-order valence-electron chi connectivity index (χ1n) is 9.28. The van der Waals surface area contributed by atoms with E-state index in [0.717, 1.165) is 25.9 Å². The van der Waals surface area contributed by atoms with Crippen LogP contribution >= 0.6 is 0 Å². The number of hydrogen-bond donors (Lipinski definition) is 2. The summed E-state index contributed by atoms with van der Waals surface area (Å²) in [6, 6.07) is 5.24. The van der Waals surface area contributed by atoms with Crippen LogP contribution in [0.25, 0.3) is 0 Å². The number of benzene rings is 1. The number of nitrogens with zero attached hydrogens (tertiary/aromatic N) is 1. The van der Waals surface area contributed by atoms with Crippen molar-refractivity contribution in [2.75, 3.05) is 13.1 Å². The van der Waals surface area contributed by atoms with Crippen LogP contribution in [0.5, 0.6) is 11.6 Å². The molecule has 5 nitrogen and oxygen atoms in total. The van der Waals surface area contributed by atoms with Crippen molar-refractivity contribution in [2.45, 2.75) is 40.0 Å². The fourth-order valence-electron chi connectivity index (χ4n) is 2.55. The lowest BCUT2D eigenvalue weighted by Gasteiger charge is -2.18. The highest BCUT2D eigenvalue weighted by atomic mass is 19.1. The Morgan fingerprint density at radius 1 is 1.18 bits per heavy atom. The van der Waals surface area contributed by atoms with Crippen molar-refractivity contribution in [1.82, 2.24) is 10.3 Å². The zero-order valence-corrected chi connectivity index (χ0v) is 16.5. The molecule has 1 heterocycles. The van der Waals surface area contributed by atoms with Crippen molar-refractivity contribution >= 4 is 5.91 Å². The summed E-state index contributed by atoms with van der Waals surface area (Å²) in [4.78, 5) is 14.9. The Morgan fingerprint density at radius 3 is 2.39 bits per heavy atom.